The van der Waals surface area contributed by atoms with Crippen LogP contribution in [0, 0.1) is 13.8 Å². The normalized spacial score (nSPS) is 13.2. The number of aromatic nitrogens is 1. The highest BCUT2D eigenvalue weighted by Crippen LogP contribution is 2.45. The molecule has 1 aromatic heterocycles. The van der Waals surface area contributed by atoms with Crippen molar-refractivity contribution in [3.8, 4) is 22.1 Å². The van der Waals surface area contributed by atoms with Crippen LogP contribution in [-0.4, -0.2) is 31.3 Å². The lowest BCUT2D eigenvalue weighted by Crippen LogP contribution is -2.16. The third kappa shape index (κ3) is 5.75. The molecule has 0 saturated carbocycles. The van der Waals surface area contributed by atoms with Crippen molar-refractivity contribution < 1.29 is 32.2 Å². The Morgan fingerprint density at radius 2 is 1.97 bits per heavy atom. The lowest BCUT2D eigenvalue weighted by Gasteiger charge is -2.24. The molecule has 2 aromatic carbocycles. The topological polar surface area (TPSA) is 57.7 Å². The van der Waals surface area contributed by atoms with Crippen molar-refractivity contribution in [3.05, 3.63) is 57.6 Å². The summed E-state index contributed by atoms with van der Waals surface area (Å²) in [6, 6.07) is 7.07. The van der Waals surface area contributed by atoms with Gasteiger partial charge in [0.1, 0.15) is 16.5 Å². The summed E-state index contributed by atoms with van der Waals surface area (Å²) in [5.41, 5.74) is 2.69. The van der Waals surface area contributed by atoms with Crippen molar-refractivity contribution in [1.82, 2.24) is 4.98 Å². The number of thiazole rings is 1. The molecule has 1 aliphatic rings. The molecule has 186 valence electrons. The first kappa shape index (κ1) is 25.4. The average Bonchev–Trinajstić information content (AvgIpc) is 3.21. The number of fused-ring (bicyclic) bond motifs is 1. The molecule has 35 heavy (non-hydrogen) atoms. The Hall–Kier alpha value is -2.72. The standard InChI is InChI=1S/C25H24F3NO4S2/c1-14-11-19(23-18(5-4-10-32-23)22(14)33-12-21(30)31-3)34-13-20-15(2)29-24(35-20)16-6-8-17(9-7-16)25(26,27)28/h6-9,11H,4-5,10,12-13H2,1-3H3. The van der Waals surface area contributed by atoms with E-state index in [1.54, 1.807) is 11.8 Å². The minimum Gasteiger partial charge on any atom is -0.492 e. The zero-order chi connectivity index (χ0) is 25.2. The van der Waals surface area contributed by atoms with E-state index >= 15 is 0 Å². The van der Waals surface area contributed by atoms with Gasteiger partial charge in [-0.25, -0.2) is 9.78 Å². The zero-order valence-corrected chi connectivity index (χ0v) is 21.1. The summed E-state index contributed by atoms with van der Waals surface area (Å²) in [5.74, 6) is 1.63. The molecule has 0 aliphatic carbocycles. The highest BCUT2D eigenvalue weighted by Gasteiger charge is 2.30. The fourth-order valence-corrected chi connectivity index (χ4v) is 6.10. The summed E-state index contributed by atoms with van der Waals surface area (Å²) in [5, 5.41) is 0.688. The number of esters is 1. The predicted octanol–water partition coefficient (Wildman–Crippen LogP) is 6.61. The highest BCUT2D eigenvalue weighted by molar-refractivity contribution is 7.98. The molecule has 5 nitrogen and oxygen atoms in total. The molecule has 0 unspecified atom stereocenters. The van der Waals surface area contributed by atoms with Crippen LogP contribution < -0.4 is 9.47 Å². The zero-order valence-electron chi connectivity index (χ0n) is 19.5. The Morgan fingerprint density at radius 3 is 2.66 bits per heavy atom. The van der Waals surface area contributed by atoms with Gasteiger partial charge in [-0.1, -0.05) is 12.1 Å². The van der Waals surface area contributed by atoms with Crippen LogP contribution in [0.4, 0.5) is 13.2 Å². The number of hydrogen-bond acceptors (Lipinski definition) is 7. The second-order valence-corrected chi connectivity index (χ2v) is 10.1. The van der Waals surface area contributed by atoms with Crippen LogP contribution >= 0.6 is 23.1 Å². The SMILES string of the molecule is COC(=O)COc1c(C)cc(SCc2sc(-c3ccc(C(F)(F)F)cc3)nc2C)c2c1CCCO2. The first-order chi connectivity index (χ1) is 16.7. The molecule has 2 heterocycles. The van der Waals surface area contributed by atoms with Crippen LogP contribution in [0.3, 0.4) is 0 Å². The number of benzene rings is 2. The summed E-state index contributed by atoms with van der Waals surface area (Å²) >= 11 is 3.09. The molecular weight excluding hydrogens is 499 g/mol. The number of thioether (sulfide) groups is 1. The molecule has 0 fully saturated rings. The van der Waals surface area contributed by atoms with E-state index in [0.29, 0.717) is 28.7 Å². The monoisotopic (exact) mass is 523 g/mol. The second-order valence-electron chi connectivity index (χ2n) is 8.04. The molecule has 10 heteroatoms. The van der Waals surface area contributed by atoms with Gasteiger partial charge in [-0.05, 0) is 50.5 Å². The summed E-state index contributed by atoms with van der Waals surface area (Å²) in [6.45, 7) is 4.29. The fraction of sp³-hybridized carbons (Fsp3) is 0.360. The van der Waals surface area contributed by atoms with Crippen LogP contribution in [0.5, 0.6) is 11.5 Å². The molecule has 0 amide bonds. The number of ether oxygens (including phenoxy) is 3. The maximum Gasteiger partial charge on any atom is 0.416 e. The fourth-order valence-electron chi connectivity index (χ4n) is 3.75. The van der Waals surface area contributed by atoms with E-state index < -0.39 is 17.7 Å². The van der Waals surface area contributed by atoms with E-state index in [-0.39, 0.29) is 6.61 Å². The van der Waals surface area contributed by atoms with Gasteiger partial charge in [0.25, 0.3) is 0 Å². The first-order valence-corrected chi connectivity index (χ1v) is 12.7. The van der Waals surface area contributed by atoms with Gasteiger partial charge in [0.15, 0.2) is 6.61 Å². The van der Waals surface area contributed by atoms with Crippen molar-refractivity contribution in [2.45, 2.75) is 43.5 Å². The predicted molar refractivity (Wildman–Crippen MR) is 129 cm³/mol. The number of nitrogens with zero attached hydrogens (tertiary/aromatic N) is 1. The Kier molecular flexibility index (Phi) is 7.61. The van der Waals surface area contributed by atoms with Crippen LogP contribution in [0.15, 0.2) is 35.2 Å². The second kappa shape index (κ2) is 10.5. The van der Waals surface area contributed by atoms with Crippen molar-refractivity contribution in [1.29, 1.82) is 0 Å². The number of methoxy groups -OCH3 is 1. The van der Waals surface area contributed by atoms with Gasteiger partial charge in [0, 0.05) is 21.8 Å². The average molecular weight is 524 g/mol. The molecule has 0 saturated heterocycles. The summed E-state index contributed by atoms with van der Waals surface area (Å²) < 4.78 is 55.0. The van der Waals surface area contributed by atoms with Crippen LogP contribution in [0.2, 0.25) is 0 Å². The molecule has 0 N–H and O–H groups in total. The largest absolute Gasteiger partial charge is 0.492 e. The summed E-state index contributed by atoms with van der Waals surface area (Å²) in [7, 11) is 1.32. The third-order valence-corrected chi connectivity index (χ3v) is 8.00. The summed E-state index contributed by atoms with van der Waals surface area (Å²) in [4.78, 5) is 18.2. The van der Waals surface area contributed by atoms with Gasteiger partial charge >= 0.3 is 12.1 Å². The van der Waals surface area contributed by atoms with Gasteiger partial charge in [-0.15, -0.1) is 23.1 Å². The van der Waals surface area contributed by atoms with E-state index in [1.807, 2.05) is 19.9 Å². The number of rotatable bonds is 7. The Morgan fingerprint density at radius 1 is 1.23 bits per heavy atom. The van der Waals surface area contributed by atoms with Gasteiger partial charge in [-0.3, -0.25) is 0 Å². The lowest BCUT2D eigenvalue weighted by molar-refractivity contribution is -0.143. The van der Waals surface area contributed by atoms with Crippen LogP contribution in [-0.2, 0) is 27.9 Å². The number of carbonyl (C=O) groups is 1. The Balaban J connectivity index is 1.53. The highest BCUT2D eigenvalue weighted by atomic mass is 32.2. The molecule has 4 rings (SSSR count). The molecule has 0 spiro atoms. The maximum absolute atomic E-state index is 12.9. The van der Waals surface area contributed by atoms with E-state index in [4.69, 9.17) is 9.47 Å². The summed E-state index contributed by atoms with van der Waals surface area (Å²) in [6.07, 6.45) is -2.71. The third-order valence-electron chi connectivity index (χ3n) is 5.57. The van der Waals surface area contributed by atoms with Gasteiger partial charge in [0.2, 0.25) is 0 Å². The Bertz CT molecular complexity index is 1220. The van der Waals surface area contributed by atoms with E-state index in [1.165, 1.54) is 30.6 Å². The number of hydrogen-bond donors (Lipinski definition) is 0. The van der Waals surface area contributed by atoms with Gasteiger partial charge in [-0.2, -0.15) is 13.2 Å². The minimum absolute atomic E-state index is 0.164. The van der Waals surface area contributed by atoms with E-state index in [2.05, 4.69) is 9.72 Å². The number of alkyl halides is 3. The molecular formula is C25H24F3NO4S2. The van der Waals surface area contributed by atoms with Crippen LogP contribution in [0.1, 0.15) is 33.7 Å². The van der Waals surface area contributed by atoms with Gasteiger partial charge in [0.05, 0.1) is 29.9 Å². The number of aryl methyl sites for hydroxylation is 2. The molecule has 0 bridgehead atoms. The molecule has 1 aliphatic heterocycles. The van der Waals surface area contributed by atoms with Crippen molar-refractivity contribution in [2.75, 3.05) is 20.3 Å². The first-order valence-electron chi connectivity index (χ1n) is 10.9. The number of carbonyl (C=O) groups excluding carboxylic acids is 1. The molecule has 0 atom stereocenters. The van der Waals surface area contributed by atoms with Crippen molar-refractivity contribution in [3.63, 3.8) is 0 Å². The molecule has 3 aromatic rings. The minimum atomic E-state index is -4.36. The quantitative estimate of drug-likeness (QED) is 0.256. The Labute approximate surface area is 209 Å². The number of halogens is 3. The van der Waals surface area contributed by atoms with Crippen molar-refractivity contribution >= 4 is 29.1 Å². The van der Waals surface area contributed by atoms with Crippen molar-refractivity contribution in [2.24, 2.45) is 0 Å². The lowest BCUT2D eigenvalue weighted by atomic mass is 10.0. The van der Waals surface area contributed by atoms with Crippen LogP contribution in [0.25, 0.3) is 10.6 Å². The maximum atomic E-state index is 12.9. The smallest absolute Gasteiger partial charge is 0.416 e. The van der Waals surface area contributed by atoms with E-state index in [0.717, 1.165) is 57.3 Å². The van der Waals surface area contributed by atoms with E-state index in [9.17, 15) is 18.0 Å². The van der Waals surface area contributed by atoms with Gasteiger partial charge < -0.3 is 14.2 Å². The molecule has 0 radical (unpaired) electrons.